The summed E-state index contributed by atoms with van der Waals surface area (Å²) >= 11 is 0. The van der Waals surface area contributed by atoms with Crippen LogP contribution in [0.4, 0.5) is 0 Å². The van der Waals surface area contributed by atoms with Crippen molar-refractivity contribution in [3.63, 3.8) is 0 Å². The Labute approximate surface area is 103 Å². The van der Waals surface area contributed by atoms with E-state index in [4.69, 9.17) is 0 Å². The maximum Gasteiger partial charge on any atom is 0.236 e. The molecule has 0 amide bonds. The second-order valence-electron chi connectivity index (χ2n) is 4.66. The predicted octanol–water partition coefficient (Wildman–Crippen LogP) is 2.98. The highest BCUT2D eigenvalue weighted by molar-refractivity contribution is 6.04. The number of imidazole rings is 1. The van der Waals surface area contributed by atoms with Gasteiger partial charge in [-0.15, -0.1) is 0 Å². The highest BCUT2D eigenvalue weighted by Gasteiger charge is 2.12. The van der Waals surface area contributed by atoms with Gasteiger partial charge in [0.25, 0.3) is 0 Å². The maximum absolute atomic E-state index is 4.63. The summed E-state index contributed by atoms with van der Waals surface area (Å²) in [6, 6.07) is 8.21. The first-order valence-corrected chi connectivity index (χ1v) is 5.97. The van der Waals surface area contributed by atoms with Crippen molar-refractivity contribution in [2.24, 2.45) is 0 Å². The number of fused-ring (bicyclic) bond motifs is 5. The molecule has 3 heterocycles. The van der Waals surface area contributed by atoms with Crippen molar-refractivity contribution < 1.29 is 0 Å². The van der Waals surface area contributed by atoms with Crippen LogP contribution in [0.1, 0.15) is 11.3 Å². The van der Waals surface area contributed by atoms with Crippen molar-refractivity contribution >= 4 is 27.8 Å². The van der Waals surface area contributed by atoms with Gasteiger partial charge in [-0.05, 0) is 25.5 Å². The van der Waals surface area contributed by atoms with E-state index >= 15 is 0 Å². The second kappa shape index (κ2) is 3.10. The van der Waals surface area contributed by atoms with Crippen molar-refractivity contribution in [1.82, 2.24) is 19.4 Å². The lowest BCUT2D eigenvalue weighted by Crippen LogP contribution is -1.95. The van der Waals surface area contributed by atoms with Crippen LogP contribution in [-0.2, 0) is 0 Å². The number of aromatic nitrogens is 4. The number of H-pyrrole nitrogens is 1. The van der Waals surface area contributed by atoms with E-state index in [1.54, 1.807) is 0 Å². The first kappa shape index (κ1) is 9.65. The zero-order valence-electron chi connectivity index (χ0n) is 10.2. The van der Waals surface area contributed by atoms with Gasteiger partial charge in [-0.1, -0.05) is 18.2 Å². The molecule has 0 bridgehead atoms. The average Bonchev–Trinajstić information content (AvgIpc) is 2.87. The van der Waals surface area contributed by atoms with E-state index in [2.05, 4.69) is 40.2 Å². The number of hydrogen-bond acceptors (Lipinski definition) is 2. The number of nitrogens with zero attached hydrogens (tertiary/aromatic N) is 3. The minimum Gasteiger partial charge on any atom is -0.339 e. The molecular weight excluding hydrogens is 224 g/mol. The smallest absolute Gasteiger partial charge is 0.236 e. The zero-order valence-corrected chi connectivity index (χ0v) is 10.2. The molecule has 18 heavy (non-hydrogen) atoms. The molecule has 0 aliphatic rings. The van der Waals surface area contributed by atoms with Gasteiger partial charge < -0.3 is 4.98 Å². The van der Waals surface area contributed by atoms with Crippen LogP contribution in [0.5, 0.6) is 0 Å². The number of hydrogen-bond donors (Lipinski definition) is 1. The van der Waals surface area contributed by atoms with Crippen molar-refractivity contribution in [3.8, 4) is 0 Å². The quantitative estimate of drug-likeness (QED) is 0.510. The summed E-state index contributed by atoms with van der Waals surface area (Å²) in [4.78, 5) is 12.6. The maximum atomic E-state index is 4.63. The summed E-state index contributed by atoms with van der Waals surface area (Å²) in [7, 11) is 0. The first-order valence-electron chi connectivity index (χ1n) is 5.97. The van der Waals surface area contributed by atoms with Gasteiger partial charge in [-0.25, -0.2) is 9.97 Å². The Morgan fingerprint density at radius 3 is 2.83 bits per heavy atom. The van der Waals surface area contributed by atoms with Gasteiger partial charge in [0, 0.05) is 22.8 Å². The number of para-hydroxylation sites is 1. The summed E-state index contributed by atoms with van der Waals surface area (Å²) in [5.41, 5.74) is 5.31. The normalized spacial score (nSPS) is 11.9. The van der Waals surface area contributed by atoms with Crippen LogP contribution in [0.3, 0.4) is 0 Å². The van der Waals surface area contributed by atoms with Gasteiger partial charge in [-0.2, -0.15) is 0 Å². The molecule has 0 spiro atoms. The Bertz CT molecular complexity index is 898. The lowest BCUT2D eigenvalue weighted by atomic mass is 10.2. The molecule has 0 aliphatic heterocycles. The van der Waals surface area contributed by atoms with E-state index in [1.165, 1.54) is 5.56 Å². The highest BCUT2D eigenvalue weighted by atomic mass is 15.1. The van der Waals surface area contributed by atoms with Gasteiger partial charge in [0.1, 0.15) is 11.2 Å². The summed E-state index contributed by atoms with van der Waals surface area (Å²) in [5, 5.41) is 1.15. The van der Waals surface area contributed by atoms with Crippen LogP contribution in [0.15, 0.2) is 30.5 Å². The van der Waals surface area contributed by atoms with E-state index in [-0.39, 0.29) is 0 Å². The fourth-order valence-corrected chi connectivity index (χ4v) is 2.38. The number of aromatic amines is 1. The van der Waals surface area contributed by atoms with E-state index in [1.807, 2.05) is 23.5 Å². The number of nitrogens with one attached hydrogen (secondary N) is 1. The minimum atomic E-state index is 0.755. The lowest BCUT2D eigenvalue weighted by Gasteiger charge is -1.99. The average molecular weight is 236 g/mol. The van der Waals surface area contributed by atoms with Crippen LogP contribution in [0, 0.1) is 13.8 Å². The number of rotatable bonds is 0. The monoisotopic (exact) mass is 236 g/mol. The third kappa shape index (κ3) is 1.09. The van der Waals surface area contributed by atoms with Crippen LogP contribution >= 0.6 is 0 Å². The fraction of sp³-hybridized carbons (Fsp3) is 0.143. The summed E-state index contributed by atoms with van der Waals surface area (Å²) in [6.07, 6.45) is 2.09. The highest BCUT2D eigenvalue weighted by Crippen LogP contribution is 2.25. The summed E-state index contributed by atoms with van der Waals surface area (Å²) < 4.78 is 2.03. The second-order valence-corrected chi connectivity index (χ2v) is 4.66. The molecule has 88 valence electrons. The molecule has 1 aromatic carbocycles. The van der Waals surface area contributed by atoms with E-state index in [0.29, 0.717) is 0 Å². The molecule has 3 aromatic heterocycles. The van der Waals surface area contributed by atoms with Gasteiger partial charge in [0.15, 0.2) is 0 Å². The molecule has 0 saturated carbocycles. The molecule has 0 aliphatic carbocycles. The van der Waals surface area contributed by atoms with Crippen LogP contribution in [0.25, 0.3) is 27.8 Å². The Morgan fingerprint density at radius 1 is 1.11 bits per heavy atom. The van der Waals surface area contributed by atoms with Crippen molar-refractivity contribution in [1.29, 1.82) is 0 Å². The molecule has 0 fully saturated rings. The molecule has 0 radical (unpaired) electrons. The molecule has 0 saturated heterocycles. The molecule has 4 nitrogen and oxygen atoms in total. The van der Waals surface area contributed by atoms with Crippen molar-refractivity contribution in [2.75, 3.05) is 0 Å². The van der Waals surface area contributed by atoms with E-state index in [0.717, 1.165) is 33.5 Å². The summed E-state index contributed by atoms with van der Waals surface area (Å²) in [6.45, 7) is 4.08. The largest absolute Gasteiger partial charge is 0.339 e. The van der Waals surface area contributed by atoms with Crippen molar-refractivity contribution in [3.05, 3.63) is 41.7 Å². The third-order valence-electron chi connectivity index (χ3n) is 3.49. The van der Waals surface area contributed by atoms with Crippen molar-refractivity contribution in [2.45, 2.75) is 13.8 Å². The Morgan fingerprint density at radius 2 is 1.94 bits per heavy atom. The third-order valence-corrected chi connectivity index (χ3v) is 3.49. The van der Waals surface area contributed by atoms with Gasteiger partial charge in [-0.3, -0.25) is 4.40 Å². The van der Waals surface area contributed by atoms with Crippen LogP contribution < -0.4 is 0 Å². The topological polar surface area (TPSA) is 46.0 Å². The number of benzene rings is 1. The first-order chi connectivity index (χ1) is 8.74. The van der Waals surface area contributed by atoms with Crippen LogP contribution in [0.2, 0.25) is 0 Å². The standard InChI is InChI=1S/C14H12N4/c1-8-7-18-13-12(17-14(18)15-9(8)2)10-5-3-4-6-11(10)16-13/h3-7,16H,1-2H3. The molecule has 4 aromatic rings. The molecule has 0 unspecified atom stereocenters. The molecule has 4 rings (SSSR count). The Hall–Kier alpha value is -2.36. The molecule has 0 atom stereocenters. The minimum absolute atomic E-state index is 0.755. The van der Waals surface area contributed by atoms with Gasteiger partial charge in [0.05, 0.1) is 0 Å². The zero-order chi connectivity index (χ0) is 12.3. The number of aryl methyl sites for hydroxylation is 2. The van der Waals surface area contributed by atoms with E-state index in [9.17, 15) is 0 Å². The Balaban J connectivity index is 2.27. The molecule has 1 N–H and O–H groups in total. The van der Waals surface area contributed by atoms with Gasteiger partial charge in [0.2, 0.25) is 5.78 Å². The van der Waals surface area contributed by atoms with E-state index < -0.39 is 0 Å². The molecular formula is C14H12N4. The van der Waals surface area contributed by atoms with Gasteiger partial charge >= 0.3 is 0 Å². The fourth-order valence-electron chi connectivity index (χ4n) is 2.38. The SMILES string of the molecule is Cc1cn2c(nc1C)nc1c3ccccc3[nH]c12. The summed E-state index contributed by atoms with van der Waals surface area (Å²) in [5.74, 6) is 0.755. The predicted molar refractivity (Wildman–Crippen MR) is 71.8 cm³/mol. The Kier molecular flexibility index (Phi) is 1.66. The van der Waals surface area contributed by atoms with Crippen LogP contribution in [-0.4, -0.2) is 19.4 Å². The molecule has 4 heteroatoms. The lowest BCUT2D eigenvalue weighted by molar-refractivity contribution is 1.04.